The summed E-state index contributed by atoms with van der Waals surface area (Å²) in [7, 11) is 0. The summed E-state index contributed by atoms with van der Waals surface area (Å²) in [6.07, 6.45) is 10.0. The number of unbranched alkanes of at least 4 members (excludes halogenated alkanes) is 5. The van der Waals surface area contributed by atoms with Crippen LogP contribution in [0.25, 0.3) is 0 Å². The minimum atomic E-state index is 0.352. The molecule has 1 atom stereocenters. The number of benzene rings is 1. The minimum absolute atomic E-state index is 0.352. The molecule has 1 aromatic carbocycles. The molecule has 0 aromatic heterocycles. The van der Waals surface area contributed by atoms with E-state index in [2.05, 4.69) is 18.4 Å². The molecule has 0 aliphatic rings. The summed E-state index contributed by atoms with van der Waals surface area (Å²) in [4.78, 5) is 0. The zero-order valence-electron chi connectivity index (χ0n) is 12.0. The van der Waals surface area contributed by atoms with Crippen molar-refractivity contribution in [2.45, 2.75) is 64.3 Å². The zero-order chi connectivity index (χ0) is 13.9. The van der Waals surface area contributed by atoms with Crippen molar-refractivity contribution in [1.82, 2.24) is 5.43 Å². The third kappa shape index (κ3) is 7.56. The van der Waals surface area contributed by atoms with E-state index in [1.165, 1.54) is 44.1 Å². The van der Waals surface area contributed by atoms with E-state index in [0.717, 1.165) is 17.9 Å². The van der Waals surface area contributed by atoms with E-state index in [1.807, 2.05) is 18.2 Å². The number of nitrogens with one attached hydrogen (secondary N) is 1. The third-order valence-corrected chi connectivity index (χ3v) is 3.75. The molecule has 0 saturated carbocycles. The van der Waals surface area contributed by atoms with Gasteiger partial charge in [0.1, 0.15) is 0 Å². The van der Waals surface area contributed by atoms with Crippen LogP contribution in [0.15, 0.2) is 24.3 Å². The zero-order valence-corrected chi connectivity index (χ0v) is 12.8. The molecule has 108 valence electrons. The molecule has 1 aromatic rings. The van der Waals surface area contributed by atoms with E-state index >= 15 is 0 Å². The first-order valence-electron chi connectivity index (χ1n) is 7.46. The van der Waals surface area contributed by atoms with Crippen LogP contribution in [0.3, 0.4) is 0 Å². The second-order valence-electron chi connectivity index (χ2n) is 5.25. The minimum Gasteiger partial charge on any atom is -0.271 e. The van der Waals surface area contributed by atoms with E-state index in [4.69, 9.17) is 17.4 Å². The number of hydrogen-bond donors (Lipinski definition) is 2. The largest absolute Gasteiger partial charge is 0.271 e. The van der Waals surface area contributed by atoms with Crippen LogP contribution in [0.1, 0.15) is 57.4 Å². The Labute approximate surface area is 122 Å². The lowest BCUT2D eigenvalue weighted by atomic mass is 10.00. The monoisotopic (exact) mass is 282 g/mol. The van der Waals surface area contributed by atoms with E-state index < -0.39 is 0 Å². The Morgan fingerprint density at radius 2 is 1.89 bits per heavy atom. The van der Waals surface area contributed by atoms with Crippen LogP contribution >= 0.6 is 11.6 Å². The number of hydrogen-bond acceptors (Lipinski definition) is 2. The van der Waals surface area contributed by atoms with E-state index in [0.29, 0.717) is 6.04 Å². The summed E-state index contributed by atoms with van der Waals surface area (Å²) in [6.45, 7) is 2.25. The highest BCUT2D eigenvalue weighted by Gasteiger charge is 2.07. The molecule has 3 N–H and O–H groups in total. The van der Waals surface area contributed by atoms with Crippen LogP contribution in [-0.4, -0.2) is 6.04 Å². The molecule has 0 bridgehead atoms. The fourth-order valence-corrected chi connectivity index (χ4v) is 2.58. The van der Waals surface area contributed by atoms with Crippen molar-refractivity contribution in [1.29, 1.82) is 0 Å². The second-order valence-corrected chi connectivity index (χ2v) is 5.69. The van der Waals surface area contributed by atoms with Crippen molar-refractivity contribution in [2.24, 2.45) is 5.84 Å². The Morgan fingerprint density at radius 1 is 1.16 bits per heavy atom. The van der Waals surface area contributed by atoms with E-state index in [1.54, 1.807) is 0 Å². The molecule has 0 amide bonds. The third-order valence-electron chi connectivity index (χ3n) is 3.51. The molecule has 0 aliphatic heterocycles. The van der Waals surface area contributed by atoms with Crippen LogP contribution in [0.4, 0.5) is 0 Å². The van der Waals surface area contributed by atoms with Gasteiger partial charge in [-0.05, 0) is 30.5 Å². The molecule has 0 saturated heterocycles. The van der Waals surface area contributed by atoms with Gasteiger partial charge in [0.05, 0.1) is 0 Å². The van der Waals surface area contributed by atoms with Gasteiger partial charge in [0.15, 0.2) is 0 Å². The fraction of sp³-hybridized carbons (Fsp3) is 0.625. The van der Waals surface area contributed by atoms with E-state index in [-0.39, 0.29) is 0 Å². The number of hydrazine groups is 1. The number of nitrogens with two attached hydrogens (primary N) is 1. The van der Waals surface area contributed by atoms with Crippen LogP contribution < -0.4 is 11.3 Å². The normalized spacial score (nSPS) is 12.6. The topological polar surface area (TPSA) is 38.0 Å². The summed E-state index contributed by atoms with van der Waals surface area (Å²) in [6, 6.07) is 8.38. The van der Waals surface area contributed by atoms with Crippen molar-refractivity contribution >= 4 is 11.6 Å². The smallest absolute Gasteiger partial charge is 0.0408 e. The first-order chi connectivity index (χ1) is 9.26. The first kappa shape index (κ1) is 16.5. The average Bonchev–Trinajstić information content (AvgIpc) is 2.41. The molecule has 0 spiro atoms. The van der Waals surface area contributed by atoms with Gasteiger partial charge in [-0.2, -0.15) is 0 Å². The van der Waals surface area contributed by atoms with Crippen molar-refractivity contribution in [3.63, 3.8) is 0 Å². The molecule has 0 fully saturated rings. The van der Waals surface area contributed by atoms with Crippen LogP contribution in [0.5, 0.6) is 0 Å². The van der Waals surface area contributed by atoms with Gasteiger partial charge in [-0.15, -0.1) is 0 Å². The van der Waals surface area contributed by atoms with Gasteiger partial charge in [0.2, 0.25) is 0 Å². The summed E-state index contributed by atoms with van der Waals surface area (Å²) >= 11 is 6.00. The summed E-state index contributed by atoms with van der Waals surface area (Å²) in [5.41, 5.74) is 4.18. The van der Waals surface area contributed by atoms with Gasteiger partial charge in [-0.25, -0.2) is 0 Å². The van der Waals surface area contributed by atoms with Gasteiger partial charge >= 0.3 is 0 Å². The summed E-state index contributed by atoms with van der Waals surface area (Å²) in [5.74, 6) is 5.64. The Hall–Kier alpha value is -0.570. The highest BCUT2D eigenvalue weighted by atomic mass is 35.5. The van der Waals surface area contributed by atoms with Crippen molar-refractivity contribution in [3.8, 4) is 0 Å². The van der Waals surface area contributed by atoms with Crippen molar-refractivity contribution < 1.29 is 0 Å². The van der Waals surface area contributed by atoms with Crippen LogP contribution in [-0.2, 0) is 6.42 Å². The van der Waals surface area contributed by atoms with Gasteiger partial charge in [0, 0.05) is 11.1 Å². The number of rotatable bonds is 10. The van der Waals surface area contributed by atoms with Gasteiger partial charge in [-0.1, -0.05) is 69.2 Å². The maximum Gasteiger partial charge on any atom is 0.0408 e. The Bertz CT molecular complexity index is 341. The Balaban J connectivity index is 2.22. The molecule has 0 radical (unpaired) electrons. The Kier molecular flexibility index (Phi) is 8.89. The molecule has 3 heteroatoms. The second kappa shape index (κ2) is 10.2. The quantitative estimate of drug-likeness (QED) is 0.378. The fourth-order valence-electron chi connectivity index (χ4n) is 2.36. The molecular weight excluding hydrogens is 256 g/mol. The predicted octanol–water partition coefficient (Wildman–Crippen LogP) is 4.47. The maximum absolute atomic E-state index is 6.00. The molecule has 0 heterocycles. The summed E-state index contributed by atoms with van der Waals surface area (Å²) in [5, 5.41) is 0.799. The SMILES string of the molecule is CCCCCCCCC(Cc1cccc(Cl)c1)NN. The lowest BCUT2D eigenvalue weighted by Crippen LogP contribution is -2.36. The molecule has 1 unspecified atom stereocenters. The maximum atomic E-state index is 6.00. The van der Waals surface area contributed by atoms with E-state index in [9.17, 15) is 0 Å². The summed E-state index contributed by atoms with van der Waals surface area (Å²) < 4.78 is 0. The predicted molar refractivity (Wildman–Crippen MR) is 84.3 cm³/mol. The molecule has 19 heavy (non-hydrogen) atoms. The molecule has 2 nitrogen and oxygen atoms in total. The van der Waals surface area contributed by atoms with Crippen molar-refractivity contribution in [2.75, 3.05) is 0 Å². The Morgan fingerprint density at radius 3 is 2.58 bits per heavy atom. The number of halogens is 1. The molecule has 1 rings (SSSR count). The van der Waals surface area contributed by atoms with Gasteiger partial charge in [-0.3, -0.25) is 11.3 Å². The van der Waals surface area contributed by atoms with Crippen LogP contribution in [0.2, 0.25) is 5.02 Å². The van der Waals surface area contributed by atoms with Gasteiger partial charge < -0.3 is 0 Å². The van der Waals surface area contributed by atoms with Gasteiger partial charge in [0.25, 0.3) is 0 Å². The lowest BCUT2D eigenvalue weighted by molar-refractivity contribution is 0.459. The first-order valence-corrected chi connectivity index (χ1v) is 7.84. The molecular formula is C16H27ClN2. The average molecular weight is 283 g/mol. The van der Waals surface area contributed by atoms with Crippen LogP contribution in [0, 0.1) is 0 Å². The molecule has 0 aliphatic carbocycles. The highest BCUT2D eigenvalue weighted by Crippen LogP contribution is 2.15. The lowest BCUT2D eigenvalue weighted by Gasteiger charge is -2.16. The van der Waals surface area contributed by atoms with Crippen molar-refractivity contribution in [3.05, 3.63) is 34.9 Å². The highest BCUT2D eigenvalue weighted by molar-refractivity contribution is 6.30. The standard InChI is InChI=1S/C16H27ClN2/c1-2-3-4-5-6-7-11-16(19-18)13-14-9-8-10-15(17)12-14/h8-10,12,16,19H,2-7,11,13,18H2,1H3.